The standard InChI is InChI=1S/C15H17F3N2O3/c16-15(17,18)23-14-4-2-1-3-11(14)20-6-5-19-9-13(22)12(21)7-10(19)8-20/h4,7,9,11,22H,1-3,5-6,8H2/t11-/m1/s1. The molecule has 0 aromatic carbocycles. The lowest BCUT2D eigenvalue weighted by molar-refractivity contribution is -0.309. The van der Waals surface area contributed by atoms with E-state index in [0.29, 0.717) is 38.2 Å². The van der Waals surface area contributed by atoms with Gasteiger partial charge in [0.05, 0.1) is 12.2 Å². The number of aromatic nitrogens is 1. The molecule has 0 radical (unpaired) electrons. The summed E-state index contributed by atoms with van der Waals surface area (Å²) >= 11 is 0. The van der Waals surface area contributed by atoms with Crippen molar-refractivity contribution in [3.8, 4) is 5.75 Å². The Kier molecular flexibility index (Phi) is 4.09. The Bertz CT molecular complexity index is 682. The van der Waals surface area contributed by atoms with Crippen LogP contribution in [0.2, 0.25) is 0 Å². The van der Waals surface area contributed by atoms with Gasteiger partial charge in [0.25, 0.3) is 0 Å². The molecule has 1 N–H and O–H groups in total. The van der Waals surface area contributed by atoms with Crippen molar-refractivity contribution in [2.24, 2.45) is 0 Å². The van der Waals surface area contributed by atoms with E-state index >= 15 is 0 Å². The van der Waals surface area contributed by atoms with Crippen LogP contribution in [0.1, 0.15) is 25.0 Å². The first kappa shape index (κ1) is 15.9. The van der Waals surface area contributed by atoms with Crippen LogP contribution in [0, 0.1) is 0 Å². The summed E-state index contributed by atoms with van der Waals surface area (Å²) < 4.78 is 43.6. The van der Waals surface area contributed by atoms with E-state index < -0.39 is 17.8 Å². The molecule has 0 spiro atoms. The zero-order valence-electron chi connectivity index (χ0n) is 12.3. The van der Waals surface area contributed by atoms with Gasteiger partial charge >= 0.3 is 6.36 Å². The molecule has 0 saturated carbocycles. The molecule has 1 atom stereocenters. The zero-order chi connectivity index (χ0) is 16.6. The van der Waals surface area contributed by atoms with E-state index in [2.05, 4.69) is 4.74 Å². The van der Waals surface area contributed by atoms with Crippen LogP contribution in [-0.4, -0.2) is 33.5 Å². The predicted octanol–water partition coefficient (Wildman–Crippen LogP) is 2.34. The molecule has 2 heterocycles. The topological polar surface area (TPSA) is 54.7 Å². The summed E-state index contributed by atoms with van der Waals surface area (Å²) in [5.74, 6) is -0.376. The van der Waals surface area contributed by atoms with Gasteiger partial charge < -0.3 is 14.4 Å². The maximum atomic E-state index is 12.6. The summed E-state index contributed by atoms with van der Waals surface area (Å²) in [5, 5.41) is 9.46. The van der Waals surface area contributed by atoms with E-state index in [9.17, 15) is 23.1 Å². The molecule has 0 saturated heterocycles. The van der Waals surface area contributed by atoms with Gasteiger partial charge in [-0.05, 0) is 25.3 Å². The van der Waals surface area contributed by atoms with E-state index in [-0.39, 0.29) is 11.5 Å². The third kappa shape index (κ3) is 3.52. The Morgan fingerprint density at radius 2 is 2.09 bits per heavy atom. The minimum Gasteiger partial charge on any atom is -0.503 e. The lowest BCUT2D eigenvalue weighted by Gasteiger charge is -2.38. The summed E-state index contributed by atoms with van der Waals surface area (Å²) in [5.41, 5.74) is 0.194. The highest BCUT2D eigenvalue weighted by Crippen LogP contribution is 2.32. The van der Waals surface area contributed by atoms with Crippen molar-refractivity contribution < 1.29 is 23.0 Å². The average Bonchev–Trinajstić information content (AvgIpc) is 2.47. The smallest absolute Gasteiger partial charge is 0.503 e. The van der Waals surface area contributed by atoms with Crippen molar-refractivity contribution in [2.75, 3.05) is 6.54 Å². The maximum absolute atomic E-state index is 12.6. The molecule has 5 nitrogen and oxygen atoms in total. The molecule has 126 valence electrons. The number of allylic oxidation sites excluding steroid dienone is 1. The van der Waals surface area contributed by atoms with Crippen molar-refractivity contribution in [1.29, 1.82) is 0 Å². The molecule has 8 heteroatoms. The summed E-state index contributed by atoms with van der Waals surface area (Å²) in [4.78, 5) is 13.5. The molecular weight excluding hydrogens is 313 g/mol. The lowest BCUT2D eigenvalue weighted by atomic mass is 9.98. The van der Waals surface area contributed by atoms with Gasteiger partial charge in [-0.2, -0.15) is 0 Å². The second-order valence-corrected chi connectivity index (χ2v) is 5.78. The van der Waals surface area contributed by atoms with Crippen LogP contribution in [0.15, 0.2) is 28.9 Å². The minimum atomic E-state index is -4.70. The Hall–Kier alpha value is -1.96. The first-order valence-corrected chi connectivity index (χ1v) is 7.46. The quantitative estimate of drug-likeness (QED) is 0.904. The second kappa shape index (κ2) is 5.92. The molecule has 3 rings (SSSR count). The SMILES string of the molecule is O=c1cc2n(cc1O)CCN([C@@H]1CCCC=C1OC(F)(F)F)C2. The fourth-order valence-electron chi connectivity index (χ4n) is 3.18. The van der Waals surface area contributed by atoms with Crippen LogP contribution in [0.25, 0.3) is 0 Å². The van der Waals surface area contributed by atoms with Gasteiger partial charge in [-0.1, -0.05) is 0 Å². The van der Waals surface area contributed by atoms with Crippen molar-refractivity contribution in [3.63, 3.8) is 0 Å². The largest absolute Gasteiger partial charge is 0.572 e. The van der Waals surface area contributed by atoms with Gasteiger partial charge in [-0.3, -0.25) is 9.69 Å². The van der Waals surface area contributed by atoms with Crippen LogP contribution in [0.3, 0.4) is 0 Å². The molecule has 0 amide bonds. The number of aromatic hydroxyl groups is 1. The Labute approximate surface area is 130 Å². The molecule has 0 bridgehead atoms. The highest BCUT2D eigenvalue weighted by molar-refractivity contribution is 5.22. The fraction of sp³-hybridized carbons (Fsp3) is 0.533. The predicted molar refractivity (Wildman–Crippen MR) is 75.6 cm³/mol. The number of pyridine rings is 1. The number of hydrogen-bond acceptors (Lipinski definition) is 4. The molecule has 0 unspecified atom stereocenters. The average molecular weight is 330 g/mol. The van der Waals surface area contributed by atoms with E-state index in [4.69, 9.17) is 0 Å². The number of hydrogen-bond donors (Lipinski definition) is 1. The third-order valence-corrected chi connectivity index (χ3v) is 4.22. The van der Waals surface area contributed by atoms with E-state index in [1.807, 2.05) is 4.90 Å². The minimum absolute atomic E-state index is 0.0571. The van der Waals surface area contributed by atoms with Crippen LogP contribution in [0.5, 0.6) is 5.75 Å². The molecular formula is C15H17F3N2O3. The third-order valence-electron chi connectivity index (χ3n) is 4.22. The van der Waals surface area contributed by atoms with Crippen LogP contribution in [-0.2, 0) is 17.8 Å². The monoisotopic (exact) mass is 330 g/mol. The number of alkyl halides is 3. The van der Waals surface area contributed by atoms with Crippen LogP contribution < -0.4 is 5.43 Å². The van der Waals surface area contributed by atoms with Gasteiger partial charge in [-0.25, -0.2) is 0 Å². The number of rotatable bonds is 2. The summed E-state index contributed by atoms with van der Waals surface area (Å²) in [6, 6.07) is 0.890. The first-order chi connectivity index (χ1) is 10.8. The van der Waals surface area contributed by atoms with Crippen LogP contribution in [0.4, 0.5) is 13.2 Å². The number of ether oxygens (including phenoxy) is 1. The Morgan fingerprint density at radius 3 is 2.83 bits per heavy atom. The highest BCUT2D eigenvalue weighted by atomic mass is 19.4. The summed E-state index contributed by atoms with van der Waals surface area (Å²) in [7, 11) is 0. The molecule has 1 aromatic heterocycles. The fourth-order valence-corrected chi connectivity index (χ4v) is 3.18. The molecule has 0 fully saturated rings. The normalized spacial score (nSPS) is 22.4. The van der Waals surface area contributed by atoms with E-state index in [0.717, 1.165) is 6.42 Å². The van der Waals surface area contributed by atoms with E-state index in [1.165, 1.54) is 18.3 Å². The van der Waals surface area contributed by atoms with Crippen molar-refractivity contribution >= 4 is 0 Å². The lowest BCUT2D eigenvalue weighted by Crippen LogP contribution is -2.44. The number of halogens is 3. The molecule has 1 aliphatic heterocycles. The van der Waals surface area contributed by atoms with Crippen molar-refractivity contribution in [2.45, 2.75) is 44.8 Å². The van der Waals surface area contributed by atoms with Crippen LogP contribution >= 0.6 is 0 Å². The van der Waals surface area contributed by atoms with Crippen molar-refractivity contribution in [1.82, 2.24) is 9.47 Å². The second-order valence-electron chi connectivity index (χ2n) is 5.78. The van der Waals surface area contributed by atoms with E-state index in [1.54, 1.807) is 4.57 Å². The maximum Gasteiger partial charge on any atom is 0.572 e. The molecule has 23 heavy (non-hydrogen) atoms. The van der Waals surface area contributed by atoms with Gasteiger partial charge in [0.15, 0.2) is 5.75 Å². The number of fused-ring (bicyclic) bond motifs is 1. The Balaban J connectivity index is 1.81. The van der Waals surface area contributed by atoms with Crippen molar-refractivity contribution in [3.05, 3.63) is 40.0 Å². The molecule has 1 aromatic rings. The number of nitrogens with zero attached hydrogens (tertiary/aromatic N) is 2. The van der Waals surface area contributed by atoms with Gasteiger partial charge in [0, 0.05) is 31.4 Å². The van der Waals surface area contributed by atoms with Gasteiger partial charge in [0.1, 0.15) is 5.76 Å². The highest BCUT2D eigenvalue weighted by Gasteiger charge is 2.37. The zero-order valence-corrected chi connectivity index (χ0v) is 12.3. The Morgan fingerprint density at radius 1 is 1.30 bits per heavy atom. The molecule has 1 aliphatic carbocycles. The van der Waals surface area contributed by atoms with Gasteiger partial charge in [-0.15, -0.1) is 13.2 Å². The summed E-state index contributed by atoms with van der Waals surface area (Å²) in [6.45, 7) is 1.37. The van der Waals surface area contributed by atoms with Gasteiger partial charge in [0.2, 0.25) is 5.43 Å². The summed E-state index contributed by atoms with van der Waals surface area (Å²) in [6.07, 6.45) is 0.134. The first-order valence-electron chi connectivity index (χ1n) is 7.46. The molecule has 2 aliphatic rings.